The molecule has 0 aliphatic rings. The van der Waals surface area contributed by atoms with E-state index in [1.54, 1.807) is 7.11 Å². The van der Waals surface area contributed by atoms with Crippen LogP contribution in [0.4, 0.5) is 10.9 Å². The van der Waals surface area contributed by atoms with Crippen molar-refractivity contribution in [2.45, 2.75) is 13.5 Å². The second kappa shape index (κ2) is 6.94. The third kappa shape index (κ3) is 3.85. The number of benzene rings is 1. The van der Waals surface area contributed by atoms with E-state index in [-0.39, 0.29) is 11.7 Å². The van der Waals surface area contributed by atoms with Crippen molar-refractivity contribution in [2.24, 2.45) is 0 Å². The van der Waals surface area contributed by atoms with Crippen molar-refractivity contribution in [3.63, 3.8) is 0 Å². The number of thiazole rings is 1. The van der Waals surface area contributed by atoms with Crippen molar-refractivity contribution >= 4 is 28.2 Å². The average Bonchev–Trinajstić information content (AvgIpc) is 2.86. The fourth-order valence-electron chi connectivity index (χ4n) is 1.73. The molecule has 0 fully saturated rings. The van der Waals surface area contributed by atoms with Gasteiger partial charge in [-0.1, -0.05) is 23.5 Å². The number of hydrogen-bond acceptors (Lipinski definition) is 6. The fraction of sp³-hybridized carbons (Fsp3) is 0.286. The van der Waals surface area contributed by atoms with Crippen molar-refractivity contribution in [1.82, 2.24) is 10.3 Å². The molecule has 0 radical (unpaired) electrons. The van der Waals surface area contributed by atoms with E-state index >= 15 is 0 Å². The topological polar surface area (TPSA) is 89.3 Å². The molecule has 1 aromatic carbocycles. The number of nitrogen functional groups attached to an aromatic ring is 1. The summed E-state index contributed by atoms with van der Waals surface area (Å²) in [5.41, 5.74) is 6.75. The second-order valence-corrected chi connectivity index (χ2v) is 5.29. The van der Waals surface area contributed by atoms with Crippen LogP contribution in [0.1, 0.15) is 22.2 Å². The number of ether oxygens (including phenoxy) is 1. The van der Waals surface area contributed by atoms with Gasteiger partial charge >= 0.3 is 0 Å². The minimum absolute atomic E-state index is 0.218. The van der Waals surface area contributed by atoms with Gasteiger partial charge in [-0.05, 0) is 24.6 Å². The molecule has 7 heteroatoms. The quantitative estimate of drug-likeness (QED) is 0.760. The summed E-state index contributed by atoms with van der Waals surface area (Å²) in [5.74, 6) is 0.820. The van der Waals surface area contributed by atoms with E-state index in [2.05, 4.69) is 15.6 Å². The van der Waals surface area contributed by atoms with Gasteiger partial charge in [0, 0.05) is 13.1 Å². The van der Waals surface area contributed by atoms with Crippen LogP contribution in [0.25, 0.3) is 0 Å². The highest BCUT2D eigenvalue weighted by Gasteiger charge is 2.15. The highest BCUT2D eigenvalue weighted by Crippen LogP contribution is 2.24. The summed E-state index contributed by atoms with van der Waals surface area (Å²) in [5, 5.41) is 6.53. The van der Waals surface area contributed by atoms with Gasteiger partial charge in [0.15, 0.2) is 5.13 Å². The van der Waals surface area contributed by atoms with Gasteiger partial charge in [-0.3, -0.25) is 4.79 Å². The van der Waals surface area contributed by atoms with Crippen LogP contribution in [0.3, 0.4) is 0 Å². The first-order valence-corrected chi connectivity index (χ1v) is 7.37. The van der Waals surface area contributed by atoms with Crippen LogP contribution in [0.15, 0.2) is 24.3 Å². The normalized spacial score (nSPS) is 10.2. The van der Waals surface area contributed by atoms with E-state index in [1.165, 1.54) is 11.3 Å². The fourth-order valence-corrected chi connectivity index (χ4v) is 2.60. The zero-order valence-corrected chi connectivity index (χ0v) is 12.8. The summed E-state index contributed by atoms with van der Waals surface area (Å²) in [6, 6.07) is 7.51. The number of aromatic nitrogens is 1. The smallest absolute Gasteiger partial charge is 0.265 e. The molecule has 0 saturated heterocycles. The molecule has 1 amide bonds. The predicted molar refractivity (Wildman–Crippen MR) is 84.9 cm³/mol. The first kappa shape index (κ1) is 15.1. The van der Waals surface area contributed by atoms with E-state index in [9.17, 15) is 4.79 Å². The number of nitrogens with one attached hydrogen (secondary N) is 2. The summed E-state index contributed by atoms with van der Waals surface area (Å²) < 4.78 is 5.09. The van der Waals surface area contributed by atoms with Gasteiger partial charge in [0.05, 0.1) is 7.11 Å². The molecule has 1 aromatic heterocycles. The summed E-state index contributed by atoms with van der Waals surface area (Å²) in [7, 11) is 1.62. The standard InChI is InChI=1S/C14H18N4O2S/c1-3-16-14-18-12(15)11(21-14)13(19)17-8-9-4-6-10(20-2)7-5-9/h4-7H,3,8,15H2,1-2H3,(H,16,18)(H,17,19). The molecular weight excluding hydrogens is 288 g/mol. The maximum atomic E-state index is 12.1. The highest BCUT2D eigenvalue weighted by molar-refractivity contribution is 7.18. The molecule has 1 heterocycles. The zero-order chi connectivity index (χ0) is 15.2. The first-order valence-electron chi connectivity index (χ1n) is 6.55. The summed E-state index contributed by atoms with van der Waals surface area (Å²) in [4.78, 5) is 16.6. The van der Waals surface area contributed by atoms with Gasteiger partial charge < -0.3 is 21.1 Å². The van der Waals surface area contributed by atoms with Gasteiger partial charge in [-0.15, -0.1) is 0 Å². The number of methoxy groups -OCH3 is 1. The molecule has 0 atom stereocenters. The summed E-state index contributed by atoms with van der Waals surface area (Å²) in [6.45, 7) is 3.12. The van der Waals surface area contributed by atoms with Crippen molar-refractivity contribution in [3.05, 3.63) is 34.7 Å². The van der Waals surface area contributed by atoms with Crippen molar-refractivity contribution in [3.8, 4) is 5.75 Å². The van der Waals surface area contributed by atoms with Crippen molar-refractivity contribution in [1.29, 1.82) is 0 Å². The Bertz CT molecular complexity index is 610. The Balaban J connectivity index is 1.97. The predicted octanol–water partition coefficient (Wildman–Crippen LogP) is 2.10. The van der Waals surface area contributed by atoms with Gasteiger partial charge in [0.1, 0.15) is 16.4 Å². The Morgan fingerprint density at radius 1 is 1.38 bits per heavy atom. The molecule has 2 aromatic rings. The molecule has 112 valence electrons. The van der Waals surface area contributed by atoms with Crippen LogP contribution < -0.4 is 21.1 Å². The minimum atomic E-state index is -0.218. The lowest BCUT2D eigenvalue weighted by Crippen LogP contribution is -2.22. The Kier molecular flexibility index (Phi) is 4.99. The van der Waals surface area contributed by atoms with E-state index in [4.69, 9.17) is 10.5 Å². The van der Waals surface area contributed by atoms with Crippen LogP contribution >= 0.6 is 11.3 Å². The zero-order valence-electron chi connectivity index (χ0n) is 12.0. The molecule has 4 N–H and O–H groups in total. The number of nitrogens with zero attached hydrogens (tertiary/aromatic N) is 1. The highest BCUT2D eigenvalue weighted by atomic mass is 32.1. The molecule has 0 aliphatic heterocycles. The molecule has 21 heavy (non-hydrogen) atoms. The second-order valence-electron chi connectivity index (χ2n) is 4.29. The largest absolute Gasteiger partial charge is 0.497 e. The maximum absolute atomic E-state index is 12.1. The Labute approximate surface area is 127 Å². The maximum Gasteiger partial charge on any atom is 0.265 e. The summed E-state index contributed by atoms with van der Waals surface area (Å²) in [6.07, 6.45) is 0. The Morgan fingerprint density at radius 2 is 2.10 bits per heavy atom. The number of nitrogens with two attached hydrogens (primary N) is 1. The number of rotatable bonds is 6. The van der Waals surface area contributed by atoms with Crippen LogP contribution in [0, 0.1) is 0 Å². The van der Waals surface area contributed by atoms with E-state index in [0.29, 0.717) is 16.6 Å². The number of carbonyl (C=O) groups excluding carboxylic acids is 1. The summed E-state index contributed by atoms with van der Waals surface area (Å²) >= 11 is 1.25. The van der Waals surface area contributed by atoms with E-state index in [1.807, 2.05) is 31.2 Å². The van der Waals surface area contributed by atoms with E-state index in [0.717, 1.165) is 17.9 Å². The van der Waals surface area contributed by atoms with Gasteiger partial charge in [-0.2, -0.15) is 0 Å². The average molecular weight is 306 g/mol. The molecule has 6 nitrogen and oxygen atoms in total. The van der Waals surface area contributed by atoms with Crippen molar-refractivity contribution in [2.75, 3.05) is 24.7 Å². The number of anilines is 2. The number of amides is 1. The first-order chi connectivity index (χ1) is 10.1. The SMILES string of the molecule is CCNc1nc(N)c(C(=O)NCc2ccc(OC)cc2)s1. The third-order valence-electron chi connectivity index (χ3n) is 2.80. The van der Waals surface area contributed by atoms with Crippen LogP contribution in [-0.2, 0) is 6.54 Å². The molecule has 0 bridgehead atoms. The molecule has 2 rings (SSSR count). The van der Waals surface area contributed by atoms with Gasteiger partial charge in [0.25, 0.3) is 5.91 Å². The van der Waals surface area contributed by atoms with Crippen LogP contribution in [0.5, 0.6) is 5.75 Å². The lowest BCUT2D eigenvalue weighted by Gasteiger charge is -2.05. The van der Waals surface area contributed by atoms with Crippen molar-refractivity contribution < 1.29 is 9.53 Å². The Hall–Kier alpha value is -2.28. The molecule has 0 unspecified atom stereocenters. The van der Waals surface area contributed by atoms with E-state index < -0.39 is 0 Å². The van der Waals surface area contributed by atoms with Gasteiger partial charge in [0.2, 0.25) is 0 Å². The van der Waals surface area contributed by atoms with Crippen LogP contribution in [0.2, 0.25) is 0 Å². The number of hydrogen-bond donors (Lipinski definition) is 3. The lowest BCUT2D eigenvalue weighted by molar-refractivity contribution is 0.0955. The molecule has 0 saturated carbocycles. The Morgan fingerprint density at radius 3 is 2.71 bits per heavy atom. The molecule has 0 aliphatic carbocycles. The number of carbonyl (C=O) groups is 1. The van der Waals surface area contributed by atoms with Crippen LogP contribution in [-0.4, -0.2) is 24.5 Å². The van der Waals surface area contributed by atoms with Gasteiger partial charge in [-0.25, -0.2) is 4.98 Å². The minimum Gasteiger partial charge on any atom is -0.497 e. The molecule has 0 spiro atoms. The third-order valence-corrected chi connectivity index (χ3v) is 3.83. The lowest BCUT2D eigenvalue weighted by atomic mass is 10.2. The monoisotopic (exact) mass is 306 g/mol. The molecular formula is C14H18N4O2S.